The number of pyridine rings is 2. The van der Waals surface area contributed by atoms with E-state index in [1.165, 1.54) is 35.4 Å². The number of halogens is 2. The number of benzene rings is 4. The SMILES string of the molecule is N[C@@H]1C[C@H]1c1ccc(F)cc1.O=CCCc1cn(-c2ccc(-c3ncccn3)cc2)c(=O)c(-c2ccncc2)n1.O=c1c(-c2ccncc2)nc(CCCN[C@@H]2C[C@H]2c2ccc(F)cc2)cn1-c1ccc(-c2ncccn2)cc1. The molecule has 12 rings (SSSR count). The van der Waals surface area contributed by atoms with Gasteiger partial charge in [-0.05, 0) is 159 Å². The molecule has 0 spiro atoms. The van der Waals surface area contributed by atoms with Crippen molar-refractivity contribution in [2.75, 3.05) is 6.54 Å². The highest BCUT2D eigenvalue weighted by molar-refractivity contribution is 5.62. The van der Waals surface area contributed by atoms with Crippen molar-refractivity contribution in [1.29, 1.82) is 0 Å². The summed E-state index contributed by atoms with van der Waals surface area (Å²) in [5.74, 6) is 1.79. The monoisotopic (exact) mass is 1050 g/mol. The number of rotatable bonds is 16. The van der Waals surface area contributed by atoms with Gasteiger partial charge in [0.1, 0.15) is 29.3 Å². The number of carbonyl (C=O) groups is 1. The number of hydrogen-bond donors (Lipinski definition) is 2. The Morgan fingerprint density at radius 3 is 1.39 bits per heavy atom. The lowest BCUT2D eigenvalue weighted by atomic mass is 10.1. The molecule has 0 radical (unpaired) electrons. The fourth-order valence-electron chi connectivity index (χ4n) is 9.11. The molecule has 3 N–H and O–H groups in total. The summed E-state index contributed by atoms with van der Waals surface area (Å²) in [6, 6.07) is 39.8. The molecule has 17 heteroatoms. The third kappa shape index (κ3) is 13.6. The van der Waals surface area contributed by atoms with Crippen LogP contribution in [0.1, 0.15) is 60.0 Å². The Bertz CT molecular complexity index is 3730. The van der Waals surface area contributed by atoms with Crippen LogP contribution in [0.15, 0.2) is 205 Å². The van der Waals surface area contributed by atoms with E-state index < -0.39 is 0 Å². The van der Waals surface area contributed by atoms with Gasteiger partial charge in [-0.2, -0.15) is 0 Å². The lowest BCUT2D eigenvalue weighted by Gasteiger charge is -2.12. The van der Waals surface area contributed by atoms with Crippen molar-refractivity contribution in [3.05, 3.63) is 250 Å². The van der Waals surface area contributed by atoms with Crippen molar-refractivity contribution in [2.45, 2.75) is 62.4 Å². The zero-order chi connectivity index (χ0) is 54.5. The van der Waals surface area contributed by atoms with E-state index in [1.54, 1.807) is 101 Å². The van der Waals surface area contributed by atoms with Crippen LogP contribution >= 0.6 is 0 Å². The molecule has 79 heavy (non-hydrogen) atoms. The standard InChI is InChI=1S/C31H27FN6O.C22H17N5O2.C9H10FN/c32-24-8-4-21(5-9-24)27-19-28(27)34-14-1-3-25-20-38(31(39)29(37-25)22-12-17-33-18-13-22)26-10-6-23(7-11-26)30-35-15-2-16-36-30;28-14-1-3-18-15-27(22(29)20(26-18)16-8-12-23-13-9-16)19-6-4-17(5-7-19)21-24-10-2-11-25-21;10-7-3-1-6(2-4-7)8-5-9(8)11/h2,4-13,15-18,20,27-28,34H,1,3,14,19H2;2,4-15H,1,3H2;1-4,8-9H,5,11H2/t27-,28+;;8-,9+/m0.0/s1. The van der Waals surface area contributed by atoms with Gasteiger partial charge in [-0.1, -0.05) is 24.3 Å². The Balaban J connectivity index is 0.000000153. The molecule has 6 heterocycles. The van der Waals surface area contributed by atoms with Gasteiger partial charge in [0.25, 0.3) is 11.1 Å². The maximum atomic E-state index is 13.5. The minimum absolute atomic E-state index is 0.178. The number of hydrogen-bond acceptors (Lipinski definition) is 13. The molecule has 0 unspecified atom stereocenters. The molecule has 2 aliphatic rings. The van der Waals surface area contributed by atoms with Crippen molar-refractivity contribution in [2.24, 2.45) is 5.73 Å². The summed E-state index contributed by atoms with van der Waals surface area (Å²) >= 11 is 0. The van der Waals surface area contributed by atoms with Crippen LogP contribution in [-0.2, 0) is 17.6 Å². The molecule has 15 nitrogen and oxygen atoms in total. The van der Waals surface area contributed by atoms with E-state index in [9.17, 15) is 23.2 Å². The molecule has 2 aliphatic carbocycles. The molecule has 0 saturated heterocycles. The number of aldehydes is 1. The first-order valence-electron chi connectivity index (χ1n) is 25.9. The van der Waals surface area contributed by atoms with E-state index in [0.717, 1.165) is 66.6 Å². The summed E-state index contributed by atoms with van der Waals surface area (Å²) < 4.78 is 28.9. The molecule has 0 bridgehead atoms. The maximum absolute atomic E-state index is 13.5. The van der Waals surface area contributed by atoms with Crippen molar-refractivity contribution in [3.63, 3.8) is 0 Å². The average Bonchev–Trinajstić information content (AvgIpc) is 4.47. The van der Waals surface area contributed by atoms with Crippen LogP contribution < -0.4 is 22.2 Å². The normalized spacial score (nSPS) is 15.9. The molecule has 4 aromatic carbocycles. The van der Waals surface area contributed by atoms with E-state index in [-0.39, 0.29) is 22.8 Å². The van der Waals surface area contributed by atoms with Crippen molar-refractivity contribution >= 4 is 6.29 Å². The first kappa shape index (κ1) is 53.0. The molecule has 10 aromatic rings. The highest BCUT2D eigenvalue weighted by Gasteiger charge is 2.37. The summed E-state index contributed by atoms with van der Waals surface area (Å²) in [4.78, 5) is 71.9. The number of carbonyl (C=O) groups excluding carboxylic acids is 1. The van der Waals surface area contributed by atoms with Gasteiger partial charge in [0.2, 0.25) is 0 Å². The van der Waals surface area contributed by atoms with Gasteiger partial charge in [-0.3, -0.25) is 28.7 Å². The Hall–Kier alpha value is -9.45. The molecular weight excluding hydrogens is 999 g/mol. The summed E-state index contributed by atoms with van der Waals surface area (Å²) in [5, 5.41) is 3.61. The van der Waals surface area contributed by atoms with Crippen LogP contribution in [0.3, 0.4) is 0 Å². The van der Waals surface area contributed by atoms with Crippen LogP contribution in [0.4, 0.5) is 8.78 Å². The number of nitrogens with one attached hydrogen (secondary N) is 1. The van der Waals surface area contributed by atoms with Crippen LogP contribution in [0.5, 0.6) is 0 Å². The summed E-state index contributed by atoms with van der Waals surface area (Å²) in [6.45, 7) is 0.833. The van der Waals surface area contributed by atoms with Gasteiger partial charge < -0.3 is 15.8 Å². The first-order chi connectivity index (χ1) is 38.7. The topological polar surface area (TPSA) is 202 Å². The number of nitrogens with zero attached hydrogens (tertiary/aromatic N) is 10. The van der Waals surface area contributed by atoms with Gasteiger partial charge in [-0.25, -0.2) is 38.7 Å². The fourth-order valence-corrected chi connectivity index (χ4v) is 9.11. The Morgan fingerprint density at radius 1 is 0.532 bits per heavy atom. The molecule has 4 atom stereocenters. The van der Waals surface area contributed by atoms with Gasteiger partial charge >= 0.3 is 0 Å². The Kier molecular flexibility index (Phi) is 16.9. The molecule has 2 fully saturated rings. The molecule has 2 saturated carbocycles. The van der Waals surface area contributed by atoms with E-state index in [2.05, 4.69) is 40.2 Å². The molecule has 0 aliphatic heterocycles. The zero-order valence-electron chi connectivity index (χ0n) is 42.8. The number of nitrogens with two attached hydrogens (primary N) is 1. The lowest BCUT2D eigenvalue weighted by molar-refractivity contribution is -0.107. The molecule has 0 amide bonds. The predicted octanol–water partition coefficient (Wildman–Crippen LogP) is 9.49. The molecular formula is C62H54F2N12O3. The predicted molar refractivity (Wildman–Crippen MR) is 298 cm³/mol. The molecule has 394 valence electrons. The minimum atomic E-state index is -0.241. The largest absolute Gasteiger partial charge is 0.327 e. The van der Waals surface area contributed by atoms with E-state index in [1.807, 2.05) is 79.0 Å². The van der Waals surface area contributed by atoms with Crippen molar-refractivity contribution < 1.29 is 13.6 Å². The van der Waals surface area contributed by atoms with E-state index in [0.29, 0.717) is 76.7 Å². The van der Waals surface area contributed by atoms with Crippen LogP contribution in [0.2, 0.25) is 0 Å². The van der Waals surface area contributed by atoms with Crippen LogP contribution in [0.25, 0.3) is 56.7 Å². The number of aromatic nitrogens is 10. The highest BCUT2D eigenvalue weighted by Crippen LogP contribution is 2.41. The van der Waals surface area contributed by atoms with Gasteiger partial charge in [0.05, 0.1) is 11.4 Å². The lowest BCUT2D eigenvalue weighted by Crippen LogP contribution is -2.23. The quantitative estimate of drug-likeness (QED) is 0.0685. The van der Waals surface area contributed by atoms with Crippen LogP contribution in [-0.4, -0.2) is 73.9 Å². The summed E-state index contributed by atoms with van der Waals surface area (Å²) in [6.07, 6.45) is 22.2. The maximum Gasteiger partial charge on any atom is 0.281 e. The van der Waals surface area contributed by atoms with E-state index >= 15 is 0 Å². The van der Waals surface area contributed by atoms with Crippen molar-refractivity contribution in [1.82, 2.24) is 54.3 Å². The minimum Gasteiger partial charge on any atom is -0.327 e. The second-order valence-electron chi connectivity index (χ2n) is 19.0. The highest BCUT2D eigenvalue weighted by atomic mass is 19.1. The van der Waals surface area contributed by atoms with E-state index in [4.69, 9.17) is 10.7 Å². The third-order valence-electron chi connectivity index (χ3n) is 13.5. The average molecular weight is 1050 g/mol. The summed E-state index contributed by atoms with van der Waals surface area (Å²) in [7, 11) is 0. The third-order valence-corrected chi connectivity index (χ3v) is 13.5. The van der Waals surface area contributed by atoms with Gasteiger partial charge in [-0.15, -0.1) is 0 Å². The summed E-state index contributed by atoms with van der Waals surface area (Å²) in [5.41, 5.74) is 14.4. The zero-order valence-corrected chi connectivity index (χ0v) is 42.8. The second kappa shape index (κ2) is 25.1. The number of aryl methyl sites for hydroxylation is 2. The van der Waals surface area contributed by atoms with Gasteiger partial charge in [0.15, 0.2) is 11.6 Å². The second-order valence-corrected chi connectivity index (χ2v) is 19.0. The van der Waals surface area contributed by atoms with Crippen LogP contribution in [0, 0.1) is 11.6 Å². The first-order valence-corrected chi connectivity index (χ1v) is 25.9. The fraction of sp³-hybridized carbons (Fsp3) is 0.177. The molecule has 6 aromatic heterocycles. The smallest absolute Gasteiger partial charge is 0.281 e. The van der Waals surface area contributed by atoms with Crippen molar-refractivity contribution in [3.8, 4) is 56.7 Å². The Labute approximate surface area is 454 Å². The Morgan fingerprint density at radius 2 is 0.962 bits per heavy atom. The van der Waals surface area contributed by atoms with Gasteiger partial charge in [0, 0.05) is 126 Å².